The van der Waals surface area contributed by atoms with E-state index in [2.05, 4.69) is 4.90 Å². The molecule has 0 radical (unpaired) electrons. The van der Waals surface area contributed by atoms with Gasteiger partial charge in [0.2, 0.25) is 0 Å². The van der Waals surface area contributed by atoms with E-state index in [4.69, 9.17) is 29.4 Å². The van der Waals surface area contributed by atoms with Gasteiger partial charge >= 0.3 is 18.3 Å². The van der Waals surface area contributed by atoms with Crippen LogP contribution >= 0.6 is 0 Å². The van der Waals surface area contributed by atoms with Crippen LogP contribution in [0.4, 0.5) is 14.4 Å². The van der Waals surface area contributed by atoms with E-state index in [9.17, 15) is 14.4 Å². The lowest BCUT2D eigenvalue weighted by Crippen LogP contribution is -2.47. The van der Waals surface area contributed by atoms with Crippen LogP contribution in [0.3, 0.4) is 0 Å². The highest BCUT2D eigenvalue weighted by molar-refractivity contribution is 5.70. The number of nitrogens with two attached hydrogens (primary N) is 1. The van der Waals surface area contributed by atoms with Gasteiger partial charge < -0.3 is 44.1 Å². The minimum absolute atomic E-state index is 0.268. The number of ether oxygens (including phenoxy) is 5. The fourth-order valence-electron chi connectivity index (χ4n) is 4.24. The Morgan fingerprint density at radius 3 is 1.27 bits per heavy atom. The Morgan fingerprint density at radius 2 is 0.886 bits per heavy atom. The molecule has 3 amide bonds. The Hall–Kier alpha value is -2.35. The summed E-state index contributed by atoms with van der Waals surface area (Å²) in [4.78, 5) is 46.6. The SMILES string of the molecule is CC(C)(C)OC(=O)N1CCCN(C(=O)OC(C)(C)C)CCN(C(=O)OC(C)(C)C)CCCN(CCOCCOCCN)CC1. The topological polar surface area (TPSA) is 136 Å². The average Bonchev–Trinajstić information content (AvgIpc) is 2.86. The standard InChI is InChI=1S/C31H61N5O8/c1-29(2,3)42-26(37)34-15-11-16-36(28(39)44-31(7,8)9)20-19-35(27(38)43-30(4,5)6)14-10-13-33(17-18-34)21-23-41-25-24-40-22-12-32/h10-25,32H2,1-9H3. The van der Waals surface area contributed by atoms with Crippen LogP contribution in [0, 0.1) is 0 Å². The summed E-state index contributed by atoms with van der Waals surface area (Å²) in [7, 11) is 0. The zero-order chi connectivity index (χ0) is 33.4. The molecular weight excluding hydrogens is 570 g/mol. The van der Waals surface area contributed by atoms with E-state index in [1.807, 2.05) is 62.3 Å². The molecule has 0 unspecified atom stereocenters. The molecule has 0 aliphatic carbocycles. The van der Waals surface area contributed by atoms with Gasteiger partial charge in [-0.15, -0.1) is 0 Å². The maximum absolute atomic E-state index is 13.2. The maximum Gasteiger partial charge on any atom is 0.410 e. The number of carbonyl (C=O) groups is 3. The molecule has 258 valence electrons. The molecule has 0 saturated carbocycles. The molecule has 1 aliphatic rings. The number of hydrogen-bond donors (Lipinski definition) is 1. The molecule has 1 rings (SSSR count). The van der Waals surface area contributed by atoms with Gasteiger partial charge in [-0.25, -0.2) is 14.4 Å². The van der Waals surface area contributed by atoms with Crippen LogP contribution < -0.4 is 5.73 Å². The third-order valence-corrected chi connectivity index (χ3v) is 6.23. The second kappa shape index (κ2) is 19.2. The van der Waals surface area contributed by atoms with Crippen molar-refractivity contribution in [2.24, 2.45) is 5.73 Å². The number of carbonyl (C=O) groups excluding carboxylic acids is 3. The molecule has 0 aromatic carbocycles. The highest BCUT2D eigenvalue weighted by Gasteiger charge is 2.28. The molecule has 0 atom stereocenters. The van der Waals surface area contributed by atoms with Gasteiger partial charge in [-0.1, -0.05) is 0 Å². The summed E-state index contributed by atoms with van der Waals surface area (Å²) in [5.41, 5.74) is 3.50. The van der Waals surface area contributed by atoms with Gasteiger partial charge in [0.15, 0.2) is 0 Å². The minimum atomic E-state index is -0.672. The van der Waals surface area contributed by atoms with E-state index in [1.54, 1.807) is 14.7 Å². The summed E-state index contributed by atoms with van der Waals surface area (Å²) in [6, 6.07) is 0. The van der Waals surface area contributed by atoms with Crippen LogP contribution in [0.1, 0.15) is 75.2 Å². The fraction of sp³-hybridized carbons (Fsp3) is 0.903. The van der Waals surface area contributed by atoms with Crippen LogP contribution in [-0.4, -0.2) is 147 Å². The van der Waals surface area contributed by atoms with E-state index in [-0.39, 0.29) is 13.1 Å². The van der Waals surface area contributed by atoms with E-state index >= 15 is 0 Å². The molecule has 0 aromatic heterocycles. The zero-order valence-corrected chi connectivity index (χ0v) is 28.9. The summed E-state index contributed by atoms with van der Waals surface area (Å²) >= 11 is 0. The molecule has 1 aliphatic heterocycles. The average molecular weight is 632 g/mol. The summed E-state index contributed by atoms with van der Waals surface area (Å²) in [6.07, 6.45) is -0.0960. The van der Waals surface area contributed by atoms with Crippen LogP contribution in [-0.2, 0) is 23.7 Å². The largest absolute Gasteiger partial charge is 0.444 e. The summed E-state index contributed by atoms with van der Waals surface area (Å²) in [6.45, 7) is 23.0. The molecule has 0 aromatic rings. The Labute approximate surface area is 265 Å². The predicted molar refractivity (Wildman–Crippen MR) is 170 cm³/mol. The Morgan fingerprint density at radius 1 is 0.523 bits per heavy atom. The van der Waals surface area contributed by atoms with Crippen molar-refractivity contribution in [3.8, 4) is 0 Å². The van der Waals surface area contributed by atoms with Gasteiger partial charge in [-0.2, -0.15) is 0 Å². The van der Waals surface area contributed by atoms with E-state index < -0.39 is 35.1 Å². The van der Waals surface area contributed by atoms with Crippen molar-refractivity contribution in [3.63, 3.8) is 0 Å². The molecule has 1 heterocycles. The maximum atomic E-state index is 13.2. The van der Waals surface area contributed by atoms with Crippen LogP contribution in [0.25, 0.3) is 0 Å². The van der Waals surface area contributed by atoms with Gasteiger partial charge in [0.1, 0.15) is 16.8 Å². The number of hydrogen-bond acceptors (Lipinski definition) is 10. The molecule has 0 spiro atoms. The van der Waals surface area contributed by atoms with Gasteiger partial charge in [0, 0.05) is 58.9 Å². The molecule has 1 fully saturated rings. The Balaban J connectivity index is 3.12. The third kappa shape index (κ3) is 19.1. The first-order valence-corrected chi connectivity index (χ1v) is 15.9. The molecule has 1 saturated heterocycles. The van der Waals surface area contributed by atoms with Crippen LogP contribution in [0.5, 0.6) is 0 Å². The lowest BCUT2D eigenvalue weighted by atomic mass is 10.2. The lowest BCUT2D eigenvalue weighted by molar-refractivity contribution is 0.00923. The highest BCUT2D eigenvalue weighted by Crippen LogP contribution is 2.15. The van der Waals surface area contributed by atoms with Crippen LogP contribution in [0.2, 0.25) is 0 Å². The monoisotopic (exact) mass is 631 g/mol. The van der Waals surface area contributed by atoms with Crippen molar-refractivity contribution in [1.82, 2.24) is 19.6 Å². The number of amides is 3. The third-order valence-electron chi connectivity index (χ3n) is 6.23. The first-order chi connectivity index (χ1) is 20.4. The van der Waals surface area contributed by atoms with Crippen molar-refractivity contribution in [3.05, 3.63) is 0 Å². The van der Waals surface area contributed by atoms with Gasteiger partial charge in [0.05, 0.1) is 26.4 Å². The predicted octanol–water partition coefficient (Wildman–Crippen LogP) is 3.79. The minimum Gasteiger partial charge on any atom is -0.444 e. The van der Waals surface area contributed by atoms with Gasteiger partial charge in [-0.3, -0.25) is 4.90 Å². The van der Waals surface area contributed by atoms with E-state index in [1.165, 1.54) is 0 Å². The molecule has 2 N–H and O–H groups in total. The van der Waals surface area contributed by atoms with Crippen molar-refractivity contribution in [2.45, 2.75) is 92.0 Å². The van der Waals surface area contributed by atoms with Gasteiger partial charge in [-0.05, 0) is 81.7 Å². The number of rotatable bonds is 8. The second-order valence-electron chi connectivity index (χ2n) is 14.0. The smallest absolute Gasteiger partial charge is 0.410 e. The van der Waals surface area contributed by atoms with Gasteiger partial charge in [0.25, 0.3) is 0 Å². The molecule has 13 nitrogen and oxygen atoms in total. The molecule has 13 heteroatoms. The summed E-state index contributed by atoms with van der Waals surface area (Å²) in [5.74, 6) is 0. The van der Waals surface area contributed by atoms with Crippen molar-refractivity contribution < 1.29 is 38.1 Å². The lowest BCUT2D eigenvalue weighted by Gasteiger charge is -2.34. The van der Waals surface area contributed by atoms with Crippen molar-refractivity contribution in [1.29, 1.82) is 0 Å². The van der Waals surface area contributed by atoms with Crippen molar-refractivity contribution in [2.75, 3.05) is 91.9 Å². The van der Waals surface area contributed by atoms with Crippen LogP contribution in [0.15, 0.2) is 0 Å². The highest BCUT2D eigenvalue weighted by atomic mass is 16.6. The number of nitrogens with zero attached hydrogens (tertiary/aromatic N) is 4. The van der Waals surface area contributed by atoms with Crippen molar-refractivity contribution >= 4 is 18.3 Å². The normalized spacial score (nSPS) is 17.2. The first kappa shape index (κ1) is 39.7. The summed E-state index contributed by atoms with van der Waals surface area (Å²) in [5, 5.41) is 0. The second-order valence-corrected chi connectivity index (χ2v) is 14.0. The Bertz CT molecular complexity index is 853. The van der Waals surface area contributed by atoms with E-state index in [0.717, 1.165) is 0 Å². The molecular formula is C31H61N5O8. The quantitative estimate of drug-likeness (QED) is 0.311. The Kier molecular flexibility index (Phi) is 17.3. The fourth-order valence-corrected chi connectivity index (χ4v) is 4.24. The first-order valence-electron chi connectivity index (χ1n) is 15.9. The zero-order valence-electron chi connectivity index (χ0n) is 28.9. The summed E-state index contributed by atoms with van der Waals surface area (Å²) < 4.78 is 28.2. The molecule has 44 heavy (non-hydrogen) atoms. The molecule has 0 bridgehead atoms. The van der Waals surface area contributed by atoms with E-state index in [0.29, 0.717) is 91.6 Å².